The lowest BCUT2D eigenvalue weighted by Gasteiger charge is -2.32. The number of hydrogen-bond acceptors (Lipinski definition) is 4. The van der Waals surface area contributed by atoms with E-state index in [9.17, 15) is 0 Å². The summed E-state index contributed by atoms with van der Waals surface area (Å²) < 4.78 is 10.9. The molecule has 0 bridgehead atoms. The monoisotopic (exact) mass is 250 g/mol. The Morgan fingerprint density at radius 3 is 2.33 bits per heavy atom. The summed E-state index contributed by atoms with van der Waals surface area (Å²) in [5, 5.41) is 7.01. The molecule has 2 atom stereocenters. The number of benzene rings is 1. The SMILES string of the molecule is COc1cc(C2NCCNC2C)c(OC)cc1C. The summed E-state index contributed by atoms with van der Waals surface area (Å²) in [4.78, 5) is 0. The molecular weight excluding hydrogens is 228 g/mol. The van der Waals surface area contributed by atoms with Crippen LogP contribution in [0.4, 0.5) is 0 Å². The van der Waals surface area contributed by atoms with Crippen molar-refractivity contribution >= 4 is 0 Å². The first-order valence-corrected chi connectivity index (χ1v) is 6.36. The Balaban J connectivity index is 2.40. The molecule has 1 fully saturated rings. The Morgan fingerprint density at radius 2 is 1.72 bits per heavy atom. The van der Waals surface area contributed by atoms with Crippen molar-refractivity contribution in [1.82, 2.24) is 10.6 Å². The lowest BCUT2D eigenvalue weighted by molar-refractivity contribution is 0.327. The highest BCUT2D eigenvalue weighted by atomic mass is 16.5. The third-order valence-electron chi connectivity index (χ3n) is 3.54. The van der Waals surface area contributed by atoms with Gasteiger partial charge in [0.15, 0.2) is 0 Å². The normalized spacial score (nSPS) is 23.8. The van der Waals surface area contributed by atoms with Gasteiger partial charge in [-0.25, -0.2) is 0 Å². The van der Waals surface area contributed by atoms with E-state index < -0.39 is 0 Å². The minimum atomic E-state index is 0.253. The number of hydrogen-bond donors (Lipinski definition) is 2. The van der Waals surface area contributed by atoms with Gasteiger partial charge in [0.2, 0.25) is 0 Å². The van der Waals surface area contributed by atoms with Crippen LogP contribution in [0, 0.1) is 6.92 Å². The van der Waals surface area contributed by atoms with Crippen molar-refractivity contribution in [2.24, 2.45) is 0 Å². The molecule has 0 saturated carbocycles. The molecule has 0 aliphatic carbocycles. The summed E-state index contributed by atoms with van der Waals surface area (Å²) in [6.07, 6.45) is 0. The van der Waals surface area contributed by atoms with E-state index in [1.807, 2.05) is 13.0 Å². The highest BCUT2D eigenvalue weighted by Gasteiger charge is 2.25. The summed E-state index contributed by atoms with van der Waals surface area (Å²) in [7, 11) is 3.42. The Morgan fingerprint density at radius 1 is 1.06 bits per heavy atom. The Hall–Kier alpha value is -1.26. The summed E-state index contributed by atoms with van der Waals surface area (Å²) in [6, 6.07) is 4.75. The first-order valence-electron chi connectivity index (χ1n) is 6.36. The zero-order chi connectivity index (χ0) is 13.1. The minimum absolute atomic E-state index is 0.253. The second kappa shape index (κ2) is 5.59. The van der Waals surface area contributed by atoms with Crippen molar-refractivity contribution in [3.8, 4) is 11.5 Å². The van der Waals surface area contributed by atoms with Crippen LogP contribution in [-0.4, -0.2) is 33.4 Å². The Labute approximate surface area is 109 Å². The lowest BCUT2D eigenvalue weighted by atomic mass is 9.96. The highest BCUT2D eigenvalue weighted by Crippen LogP contribution is 2.34. The average molecular weight is 250 g/mol. The maximum Gasteiger partial charge on any atom is 0.124 e. The van der Waals surface area contributed by atoms with Crippen LogP contribution < -0.4 is 20.1 Å². The molecule has 4 nitrogen and oxygen atoms in total. The van der Waals surface area contributed by atoms with Crippen molar-refractivity contribution in [3.63, 3.8) is 0 Å². The molecule has 1 saturated heterocycles. The molecule has 18 heavy (non-hydrogen) atoms. The first kappa shape index (κ1) is 13.2. The molecule has 0 amide bonds. The van der Waals surface area contributed by atoms with E-state index in [0.717, 1.165) is 35.7 Å². The van der Waals surface area contributed by atoms with E-state index in [4.69, 9.17) is 9.47 Å². The summed E-state index contributed by atoms with van der Waals surface area (Å²) in [6.45, 7) is 6.18. The smallest absolute Gasteiger partial charge is 0.124 e. The van der Waals surface area contributed by atoms with Crippen LogP contribution in [0.1, 0.15) is 24.1 Å². The summed E-state index contributed by atoms with van der Waals surface area (Å²) in [5.74, 6) is 1.83. The zero-order valence-electron chi connectivity index (χ0n) is 11.5. The van der Waals surface area contributed by atoms with Crippen LogP contribution in [0.25, 0.3) is 0 Å². The number of rotatable bonds is 3. The van der Waals surface area contributed by atoms with Crippen LogP contribution in [0.5, 0.6) is 11.5 Å². The van der Waals surface area contributed by atoms with Gasteiger partial charge >= 0.3 is 0 Å². The molecular formula is C14H22N2O2. The van der Waals surface area contributed by atoms with E-state index >= 15 is 0 Å². The van der Waals surface area contributed by atoms with E-state index in [1.54, 1.807) is 14.2 Å². The van der Waals surface area contributed by atoms with Crippen LogP contribution in [0.3, 0.4) is 0 Å². The van der Waals surface area contributed by atoms with Crippen molar-refractivity contribution in [3.05, 3.63) is 23.3 Å². The van der Waals surface area contributed by atoms with E-state index in [0.29, 0.717) is 6.04 Å². The van der Waals surface area contributed by atoms with E-state index in [2.05, 4.69) is 23.6 Å². The van der Waals surface area contributed by atoms with Gasteiger partial charge < -0.3 is 20.1 Å². The molecule has 1 aliphatic rings. The van der Waals surface area contributed by atoms with E-state index in [-0.39, 0.29) is 6.04 Å². The Kier molecular flexibility index (Phi) is 4.09. The molecule has 0 spiro atoms. The van der Waals surface area contributed by atoms with Gasteiger partial charge in [-0.2, -0.15) is 0 Å². The van der Waals surface area contributed by atoms with Crippen LogP contribution in [0.2, 0.25) is 0 Å². The molecule has 4 heteroatoms. The topological polar surface area (TPSA) is 42.5 Å². The number of aryl methyl sites for hydroxylation is 1. The fraction of sp³-hybridized carbons (Fsp3) is 0.571. The van der Waals surface area contributed by atoms with E-state index in [1.165, 1.54) is 0 Å². The van der Waals surface area contributed by atoms with Crippen LogP contribution >= 0.6 is 0 Å². The third-order valence-corrected chi connectivity index (χ3v) is 3.54. The lowest BCUT2D eigenvalue weighted by Crippen LogP contribution is -2.49. The van der Waals surface area contributed by atoms with Crippen molar-refractivity contribution in [1.29, 1.82) is 0 Å². The third kappa shape index (κ3) is 2.44. The molecule has 1 aliphatic heterocycles. The molecule has 100 valence electrons. The minimum Gasteiger partial charge on any atom is -0.496 e. The molecule has 0 radical (unpaired) electrons. The van der Waals surface area contributed by atoms with Crippen molar-refractivity contribution < 1.29 is 9.47 Å². The molecule has 1 aromatic carbocycles. The quantitative estimate of drug-likeness (QED) is 0.856. The van der Waals surface area contributed by atoms with Gasteiger partial charge in [-0.05, 0) is 31.5 Å². The number of piperazine rings is 1. The van der Waals surface area contributed by atoms with Gasteiger partial charge in [-0.15, -0.1) is 0 Å². The maximum atomic E-state index is 5.50. The molecule has 2 N–H and O–H groups in total. The molecule has 1 aromatic rings. The standard InChI is InChI=1S/C14H22N2O2/c1-9-7-13(18-4)11(8-12(9)17-3)14-10(2)15-5-6-16-14/h7-8,10,14-16H,5-6H2,1-4H3. The van der Waals surface area contributed by atoms with Crippen molar-refractivity contribution in [2.45, 2.75) is 25.9 Å². The van der Waals surface area contributed by atoms with Gasteiger partial charge in [0.1, 0.15) is 11.5 Å². The van der Waals surface area contributed by atoms with Gasteiger partial charge in [-0.1, -0.05) is 0 Å². The van der Waals surface area contributed by atoms with Crippen LogP contribution in [0.15, 0.2) is 12.1 Å². The number of ether oxygens (including phenoxy) is 2. The first-order chi connectivity index (χ1) is 8.67. The predicted octanol–water partition coefficient (Wildman–Crippen LogP) is 1.63. The number of methoxy groups -OCH3 is 2. The van der Waals surface area contributed by atoms with Gasteiger partial charge in [-0.3, -0.25) is 0 Å². The zero-order valence-corrected chi connectivity index (χ0v) is 11.5. The van der Waals surface area contributed by atoms with Gasteiger partial charge in [0.05, 0.1) is 20.3 Å². The Bertz CT molecular complexity index is 421. The van der Waals surface area contributed by atoms with Crippen molar-refractivity contribution in [2.75, 3.05) is 27.3 Å². The molecule has 2 rings (SSSR count). The maximum absolute atomic E-state index is 5.50. The molecule has 1 heterocycles. The second-order valence-electron chi connectivity index (χ2n) is 4.74. The summed E-state index contributed by atoms with van der Waals surface area (Å²) >= 11 is 0. The molecule has 0 aromatic heterocycles. The fourth-order valence-corrected chi connectivity index (χ4v) is 2.52. The fourth-order valence-electron chi connectivity index (χ4n) is 2.52. The highest BCUT2D eigenvalue weighted by molar-refractivity contribution is 5.48. The average Bonchev–Trinajstić information content (AvgIpc) is 2.39. The predicted molar refractivity (Wildman–Crippen MR) is 72.5 cm³/mol. The number of nitrogens with one attached hydrogen (secondary N) is 2. The molecule has 2 unspecified atom stereocenters. The van der Waals surface area contributed by atoms with Gasteiger partial charge in [0, 0.05) is 24.7 Å². The van der Waals surface area contributed by atoms with Crippen LogP contribution in [-0.2, 0) is 0 Å². The largest absolute Gasteiger partial charge is 0.496 e. The second-order valence-corrected chi connectivity index (χ2v) is 4.74. The summed E-state index contributed by atoms with van der Waals surface area (Å²) in [5.41, 5.74) is 2.24. The van der Waals surface area contributed by atoms with Gasteiger partial charge in [0.25, 0.3) is 0 Å².